The van der Waals surface area contributed by atoms with Crippen LogP contribution in [-0.4, -0.2) is 218 Å². The van der Waals surface area contributed by atoms with Crippen molar-refractivity contribution < 1.29 is 98.0 Å². The number of carboxylic acid groups (broad SMARTS) is 2. The van der Waals surface area contributed by atoms with E-state index >= 15 is 0 Å². The fraction of sp³-hybridized carbons (Fsp3) is 0.725. The molecule has 1 saturated heterocycles. The van der Waals surface area contributed by atoms with E-state index in [1.54, 1.807) is 0 Å². The third-order valence-corrected chi connectivity index (χ3v) is 13.4. The molecule has 84 heavy (non-hydrogen) atoms. The summed E-state index contributed by atoms with van der Waals surface area (Å²) in [4.78, 5) is 163. The summed E-state index contributed by atoms with van der Waals surface area (Å²) in [6.07, 6.45) is -4.17. The molecule has 0 saturated carbocycles. The van der Waals surface area contributed by atoms with Crippen LogP contribution in [-0.2, 0) is 62.3 Å². The van der Waals surface area contributed by atoms with Crippen LogP contribution in [0.4, 0.5) is 0 Å². The minimum Gasteiger partial charge on any atom is -0.481 e. The Labute approximate surface area is 490 Å². The number of esters is 1. The number of amides is 9. The second-order valence-corrected chi connectivity index (χ2v) is 20.3. The first-order valence-electron chi connectivity index (χ1n) is 27.8. The highest BCUT2D eigenvalue weighted by atomic mass is 35.5. The molecule has 1 aliphatic heterocycles. The number of carbonyl (C=O) groups is 12. The summed E-state index contributed by atoms with van der Waals surface area (Å²) in [7, 11) is 0. The molecule has 0 aromatic heterocycles. The maximum Gasteiger partial charge on any atom is 0.335 e. The molecule has 33 heteroatoms. The SMILES string of the molecule is C/C=C1\NC(=O)[C@H]([C@H](C)O)NC(=O)C(CCN)NC(=O)C(CCCCN)NC(=O)[C@H](CC(=O)O)NC(=O)C(CCN)NC(=O)C(NC(=O)CC(O)C(O)CCCCCCCCCC)COC(=O)C([C@H](O)CCl)NC(=O)[C@H]([C@H](O)C(=O)O)NC1=O. The fourth-order valence-electron chi connectivity index (χ4n) is 8.23. The topological polar surface area (TPSA) is 542 Å². The Hall–Kier alpha value is -6.65. The highest BCUT2D eigenvalue weighted by molar-refractivity contribution is 6.18. The van der Waals surface area contributed by atoms with Gasteiger partial charge in [0.2, 0.25) is 47.3 Å². The van der Waals surface area contributed by atoms with Gasteiger partial charge in [-0.25, -0.2) is 9.59 Å². The molecule has 1 fully saturated rings. The normalized spacial score (nSPS) is 24.8. The summed E-state index contributed by atoms with van der Waals surface area (Å²) < 4.78 is 5.24. The molecule has 9 amide bonds. The standard InChI is InChI=1S/C51H87ClN12O20/c1-4-6-7-8-9-10-11-12-16-33(66)34(67)23-36(69)56-32-25-84-51(83)39(35(68)24-52)63-49(80)40(41(72)50(81)82)64-42(73)27(5-2)57-48(79)38(26(3)65)62-45(76)30(18-21-55)59-43(74)28(15-13-14-19-53)58-46(77)31(22-37(70)71)61-44(75)29(17-20-54)60-47(32)78/h5,26,28-35,38-41,65-68,72H,4,6-25,53-55H2,1-3H3,(H,56,69)(H,57,79)(H,58,77)(H,59,74)(H,60,78)(H,61,75)(H,62,76)(H,63,80)(H,64,73)(H,70,71)(H,81,82)/b27-5-/t26-,28?,29?,30?,31-,32?,33?,34?,35+,38-,39?,40-,41-/m0/s1. The van der Waals surface area contributed by atoms with E-state index in [0.29, 0.717) is 6.42 Å². The number of ether oxygens (including phenoxy) is 1. The van der Waals surface area contributed by atoms with Crippen molar-refractivity contribution in [1.82, 2.24) is 47.9 Å². The molecule has 478 valence electrons. The molecular formula is C51H87ClN12O20. The molecule has 0 radical (unpaired) electrons. The maximum absolute atomic E-state index is 14.2. The van der Waals surface area contributed by atoms with Gasteiger partial charge < -0.3 is 106 Å². The first-order chi connectivity index (χ1) is 39.7. The van der Waals surface area contributed by atoms with Crippen LogP contribution in [0, 0.1) is 0 Å². The van der Waals surface area contributed by atoms with Crippen LogP contribution in [0.2, 0.25) is 0 Å². The molecular weight excluding hydrogens is 1140 g/mol. The van der Waals surface area contributed by atoms with E-state index in [1.165, 1.54) is 0 Å². The number of nitrogens with one attached hydrogen (secondary N) is 9. The predicted molar refractivity (Wildman–Crippen MR) is 297 cm³/mol. The summed E-state index contributed by atoms with van der Waals surface area (Å²) in [6, 6.07) is -16.1. The van der Waals surface area contributed by atoms with Gasteiger partial charge in [-0.3, -0.25) is 47.9 Å². The monoisotopic (exact) mass is 1220 g/mol. The van der Waals surface area contributed by atoms with Crippen molar-refractivity contribution in [2.45, 2.75) is 202 Å². The Morgan fingerprint density at radius 3 is 1.64 bits per heavy atom. The number of allylic oxidation sites excluding steroid dienone is 1. The van der Waals surface area contributed by atoms with Crippen molar-refractivity contribution in [2.24, 2.45) is 17.2 Å². The molecule has 1 aliphatic rings. The number of alkyl halides is 1. The fourth-order valence-corrected chi connectivity index (χ4v) is 8.40. The van der Waals surface area contributed by atoms with E-state index in [-0.39, 0.29) is 45.2 Å². The van der Waals surface area contributed by atoms with Gasteiger partial charge in [0.1, 0.15) is 54.6 Å². The van der Waals surface area contributed by atoms with Crippen LogP contribution < -0.4 is 65.1 Å². The number of carbonyl (C=O) groups excluding carboxylic acids is 10. The van der Waals surface area contributed by atoms with Crippen LogP contribution in [0.15, 0.2) is 11.8 Å². The average Bonchev–Trinajstić information content (AvgIpc) is 3.64. The van der Waals surface area contributed by atoms with Gasteiger partial charge in [-0.1, -0.05) is 64.4 Å². The Bertz CT molecular complexity index is 2230. The molecule has 7 unspecified atom stereocenters. The van der Waals surface area contributed by atoms with Crippen molar-refractivity contribution in [3.8, 4) is 0 Å². The number of unbranched alkanes of at least 4 members (excludes halogenated alkanes) is 8. The zero-order valence-corrected chi connectivity index (χ0v) is 48.2. The number of hydrogen-bond donors (Lipinski definition) is 19. The number of hydrogen-bond acceptors (Lipinski definition) is 21. The van der Waals surface area contributed by atoms with Gasteiger partial charge in [-0.2, -0.15) is 0 Å². The quantitative estimate of drug-likeness (QED) is 0.0150. The minimum atomic E-state index is -2.85. The first-order valence-corrected chi connectivity index (χ1v) is 28.3. The van der Waals surface area contributed by atoms with Gasteiger partial charge in [-0.05, 0) is 72.0 Å². The van der Waals surface area contributed by atoms with Gasteiger partial charge in [0.05, 0.1) is 43.1 Å². The molecule has 32 nitrogen and oxygen atoms in total. The molecule has 0 bridgehead atoms. The van der Waals surface area contributed by atoms with E-state index in [0.717, 1.165) is 64.9 Å². The second kappa shape index (κ2) is 40.6. The third-order valence-electron chi connectivity index (χ3n) is 13.1. The van der Waals surface area contributed by atoms with Gasteiger partial charge in [0.15, 0.2) is 12.1 Å². The van der Waals surface area contributed by atoms with Gasteiger partial charge in [0, 0.05) is 0 Å². The summed E-state index contributed by atoms with van der Waals surface area (Å²) in [5.41, 5.74) is 16.4. The van der Waals surface area contributed by atoms with Crippen molar-refractivity contribution in [3.05, 3.63) is 11.8 Å². The van der Waals surface area contributed by atoms with Gasteiger partial charge in [0.25, 0.3) is 5.91 Å². The van der Waals surface area contributed by atoms with E-state index < -0.39 is 194 Å². The highest BCUT2D eigenvalue weighted by Gasteiger charge is 2.41. The number of nitrogens with two attached hydrogens (primary N) is 3. The Kier molecular flexibility index (Phi) is 36.4. The molecule has 1 heterocycles. The van der Waals surface area contributed by atoms with E-state index in [9.17, 15) is 93.3 Å². The summed E-state index contributed by atoms with van der Waals surface area (Å²) >= 11 is 5.85. The van der Waals surface area contributed by atoms with Crippen molar-refractivity contribution in [2.75, 3.05) is 32.1 Å². The zero-order chi connectivity index (χ0) is 63.6. The lowest BCUT2D eigenvalue weighted by atomic mass is 10.0. The van der Waals surface area contributed by atoms with E-state index in [1.807, 2.05) is 10.6 Å². The molecule has 0 aromatic rings. The first kappa shape index (κ1) is 75.4. The Balaban J connectivity index is 4.04. The molecule has 0 aliphatic carbocycles. The number of aliphatic hydroxyl groups is 5. The summed E-state index contributed by atoms with van der Waals surface area (Å²) in [5.74, 6) is -18.2. The van der Waals surface area contributed by atoms with E-state index in [2.05, 4.69) is 44.1 Å². The van der Waals surface area contributed by atoms with Gasteiger partial charge >= 0.3 is 17.9 Å². The molecule has 22 N–H and O–H groups in total. The van der Waals surface area contributed by atoms with Crippen LogP contribution in [0.1, 0.15) is 124 Å². The van der Waals surface area contributed by atoms with Crippen molar-refractivity contribution in [3.63, 3.8) is 0 Å². The number of aliphatic hydroxyl groups excluding tert-OH is 5. The largest absolute Gasteiger partial charge is 0.481 e. The molecule has 13 atom stereocenters. The van der Waals surface area contributed by atoms with Crippen LogP contribution in [0.3, 0.4) is 0 Å². The molecule has 1 rings (SSSR count). The lowest BCUT2D eigenvalue weighted by Crippen LogP contribution is -2.62. The highest BCUT2D eigenvalue weighted by Crippen LogP contribution is 2.15. The third kappa shape index (κ3) is 27.4. The van der Waals surface area contributed by atoms with Gasteiger partial charge in [-0.15, -0.1) is 11.6 Å². The maximum atomic E-state index is 14.2. The number of carboxylic acids is 2. The smallest absolute Gasteiger partial charge is 0.335 e. The molecule has 0 aromatic carbocycles. The average molecular weight is 1220 g/mol. The van der Waals surface area contributed by atoms with Crippen LogP contribution in [0.5, 0.6) is 0 Å². The lowest BCUT2D eigenvalue weighted by Gasteiger charge is -2.28. The van der Waals surface area contributed by atoms with E-state index in [4.69, 9.17) is 33.5 Å². The number of rotatable bonds is 28. The Morgan fingerprint density at radius 1 is 0.619 bits per heavy atom. The number of halogens is 1. The van der Waals surface area contributed by atoms with Crippen molar-refractivity contribution in [1.29, 1.82) is 0 Å². The number of aliphatic carboxylic acids is 2. The second-order valence-electron chi connectivity index (χ2n) is 20.0. The minimum absolute atomic E-state index is 0.0826. The molecule has 0 spiro atoms. The zero-order valence-electron chi connectivity index (χ0n) is 47.5. The van der Waals surface area contributed by atoms with Crippen molar-refractivity contribution >= 4 is 82.7 Å². The Morgan fingerprint density at radius 2 is 1.13 bits per heavy atom. The lowest BCUT2D eigenvalue weighted by molar-refractivity contribution is -0.155. The number of cyclic esters (lactones) is 1. The summed E-state index contributed by atoms with van der Waals surface area (Å²) in [6.45, 7) is 2.45. The summed E-state index contributed by atoms with van der Waals surface area (Å²) in [5, 5.41) is 92.6. The van der Waals surface area contributed by atoms with Crippen LogP contribution >= 0.6 is 11.6 Å². The predicted octanol–water partition coefficient (Wildman–Crippen LogP) is -6.19. The van der Waals surface area contributed by atoms with Crippen LogP contribution in [0.25, 0.3) is 0 Å².